The third-order valence-corrected chi connectivity index (χ3v) is 6.17. The number of benzene rings is 2. The fourth-order valence-electron chi connectivity index (χ4n) is 3.38. The zero-order chi connectivity index (χ0) is 21.7. The van der Waals surface area contributed by atoms with E-state index in [0.29, 0.717) is 36.9 Å². The number of nitrogens with one attached hydrogen (secondary N) is 1. The molecule has 0 aromatic heterocycles. The van der Waals surface area contributed by atoms with Gasteiger partial charge in [-0.05, 0) is 44.4 Å². The van der Waals surface area contributed by atoms with Gasteiger partial charge in [0.15, 0.2) is 11.5 Å². The molecule has 30 heavy (non-hydrogen) atoms. The van der Waals surface area contributed by atoms with Gasteiger partial charge in [0.1, 0.15) is 19.3 Å². The van der Waals surface area contributed by atoms with Crippen molar-refractivity contribution in [2.75, 3.05) is 30.3 Å². The third-order valence-electron chi connectivity index (χ3n) is 4.93. The number of anilines is 1. The van der Waals surface area contributed by atoms with E-state index < -0.39 is 16.1 Å². The van der Waals surface area contributed by atoms with Crippen LogP contribution in [-0.2, 0) is 21.2 Å². The minimum absolute atomic E-state index is 0.348. The van der Waals surface area contributed by atoms with Gasteiger partial charge in [-0.2, -0.15) is 0 Å². The van der Waals surface area contributed by atoms with Gasteiger partial charge in [0.05, 0.1) is 11.9 Å². The molecule has 8 heteroatoms. The maximum atomic E-state index is 12.7. The normalized spacial score (nSPS) is 14.1. The Bertz CT molecular complexity index is 989. The summed E-state index contributed by atoms with van der Waals surface area (Å²) in [6.07, 6.45) is 2.70. The molecule has 0 bridgehead atoms. The zero-order valence-electron chi connectivity index (χ0n) is 17.6. The average Bonchev–Trinajstić information content (AvgIpc) is 2.71. The highest BCUT2D eigenvalue weighted by atomic mass is 32.2. The van der Waals surface area contributed by atoms with Crippen LogP contribution in [0.4, 0.5) is 5.69 Å². The Hall–Kier alpha value is -2.74. The summed E-state index contributed by atoms with van der Waals surface area (Å²) in [4.78, 5) is 12.7. The minimum atomic E-state index is -3.69. The lowest BCUT2D eigenvalue weighted by molar-refractivity contribution is -0.121. The maximum Gasteiger partial charge on any atom is 0.243 e. The van der Waals surface area contributed by atoms with Crippen LogP contribution in [0.3, 0.4) is 0 Å². The van der Waals surface area contributed by atoms with Crippen LogP contribution in [0.5, 0.6) is 11.5 Å². The van der Waals surface area contributed by atoms with E-state index in [9.17, 15) is 13.2 Å². The Kier molecular flexibility index (Phi) is 6.87. The number of hydrogen-bond donors (Lipinski definition) is 1. The molecule has 0 radical (unpaired) electrons. The molecule has 0 saturated carbocycles. The number of ether oxygens (including phenoxy) is 2. The molecular formula is C22H28N2O5S. The smallest absolute Gasteiger partial charge is 0.243 e. The topological polar surface area (TPSA) is 84.9 Å². The van der Waals surface area contributed by atoms with Gasteiger partial charge in [0.2, 0.25) is 15.9 Å². The molecule has 1 atom stereocenters. The van der Waals surface area contributed by atoms with Crippen LogP contribution in [0.15, 0.2) is 42.5 Å². The van der Waals surface area contributed by atoms with Gasteiger partial charge in [-0.15, -0.1) is 0 Å². The van der Waals surface area contributed by atoms with Gasteiger partial charge in [-0.25, -0.2) is 8.42 Å². The molecule has 1 aliphatic rings. The monoisotopic (exact) mass is 432 g/mol. The number of carbonyl (C=O) groups excluding carboxylic acids is 1. The number of nitrogens with zero attached hydrogens (tertiary/aromatic N) is 1. The molecule has 0 spiro atoms. The lowest BCUT2D eigenvalue weighted by Crippen LogP contribution is -2.48. The van der Waals surface area contributed by atoms with E-state index in [1.165, 1.54) is 11.1 Å². The third kappa shape index (κ3) is 5.44. The van der Waals surface area contributed by atoms with Crippen LogP contribution in [0.2, 0.25) is 0 Å². The summed E-state index contributed by atoms with van der Waals surface area (Å²) < 4.78 is 37.1. The number of hydrogen-bond acceptors (Lipinski definition) is 5. The summed E-state index contributed by atoms with van der Waals surface area (Å²) in [5.74, 6) is 0.684. The second kappa shape index (κ2) is 9.38. The van der Waals surface area contributed by atoms with Gasteiger partial charge in [-0.1, -0.05) is 29.8 Å². The first kappa shape index (κ1) is 22.0. The van der Waals surface area contributed by atoms with Crippen LogP contribution in [0, 0.1) is 6.92 Å². The molecule has 3 rings (SSSR count). The Morgan fingerprint density at radius 3 is 2.43 bits per heavy atom. The Balaban J connectivity index is 1.64. The van der Waals surface area contributed by atoms with Crippen molar-refractivity contribution >= 4 is 21.6 Å². The SMILES string of the molecule is Cc1ccc(CCCNC(=O)C(C)N(c2ccc3c(c2)OCCO3)S(C)(=O)=O)cc1. The van der Waals surface area contributed by atoms with Crippen molar-refractivity contribution in [3.63, 3.8) is 0 Å². The lowest BCUT2D eigenvalue weighted by Gasteiger charge is -2.29. The molecule has 0 aliphatic carbocycles. The van der Waals surface area contributed by atoms with Crippen LogP contribution < -0.4 is 19.1 Å². The Morgan fingerprint density at radius 1 is 1.10 bits per heavy atom. The van der Waals surface area contributed by atoms with Gasteiger partial charge >= 0.3 is 0 Å². The summed E-state index contributed by atoms with van der Waals surface area (Å²) in [5, 5.41) is 2.85. The fraction of sp³-hybridized carbons (Fsp3) is 0.409. The first-order valence-corrected chi connectivity index (χ1v) is 11.8. The molecule has 0 saturated heterocycles. The van der Waals surface area contributed by atoms with Crippen LogP contribution >= 0.6 is 0 Å². The molecule has 2 aromatic carbocycles. The number of amides is 1. The molecule has 162 valence electrons. The van der Waals surface area contributed by atoms with Crippen molar-refractivity contribution in [1.29, 1.82) is 0 Å². The predicted octanol–water partition coefficient (Wildman–Crippen LogP) is 2.67. The summed E-state index contributed by atoms with van der Waals surface area (Å²) in [5.41, 5.74) is 2.78. The molecule has 2 aromatic rings. The Labute approximate surface area is 178 Å². The predicted molar refractivity (Wildman–Crippen MR) is 117 cm³/mol. The van der Waals surface area contributed by atoms with Crippen molar-refractivity contribution in [3.05, 3.63) is 53.6 Å². The number of carbonyl (C=O) groups is 1. The Morgan fingerprint density at radius 2 is 1.77 bits per heavy atom. The quantitative estimate of drug-likeness (QED) is 0.649. The van der Waals surface area contributed by atoms with E-state index >= 15 is 0 Å². The molecule has 0 fully saturated rings. The fourth-order valence-corrected chi connectivity index (χ4v) is 4.55. The summed E-state index contributed by atoms with van der Waals surface area (Å²) in [6.45, 7) is 4.93. The largest absolute Gasteiger partial charge is 0.486 e. The highest BCUT2D eigenvalue weighted by Crippen LogP contribution is 2.35. The van der Waals surface area contributed by atoms with E-state index in [2.05, 4.69) is 29.6 Å². The number of fused-ring (bicyclic) bond motifs is 1. The molecule has 1 heterocycles. The van der Waals surface area contributed by atoms with E-state index in [-0.39, 0.29) is 5.91 Å². The molecule has 1 aliphatic heterocycles. The second-order valence-electron chi connectivity index (χ2n) is 7.44. The highest BCUT2D eigenvalue weighted by molar-refractivity contribution is 7.92. The highest BCUT2D eigenvalue weighted by Gasteiger charge is 2.30. The maximum absolute atomic E-state index is 12.7. The van der Waals surface area contributed by atoms with Crippen molar-refractivity contribution in [2.45, 2.75) is 32.7 Å². The van der Waals surface area contributed by atoms with Crippen LogP contribution in [-0.4, -0.2) is 46.4 Å². The van der Waals surface area contributed by atoms with Gasteiger partial charge in [-0.3, -0.25) is 9.10 Å². The zero-order valence-corrected chi connectivity index (χ0v) is 18.4. The standard InChI is InChI=1S/C22H28N2O5S/c1-16-6-8-18(9-7-16)5-4-12-23-22(25)17(2)24(30(3,26)27)19-10-11-20-21(15-19)29-14-13-28-20/h6-11,15,17H,4-5,12-14H2,1-3H3,(H,23,25). The lowest BCUT2D eigenvalue weighted by atomic mass is 10.1. The minimum Gasteiger partial charge on any atom is -0.486 e. The first-order valence-electron chi connectivity index (χ1n) is 9.98. The van der Waals surface area contributed by atoms with Crippen molar-refractivity contribution in [3.8, 4) is 11.5 Å². The van der Waals surface area contributed by atoms with Crippen molar-refractivity contribution in [2.24, 2.45) is 0 Å². The molecular weight excluding hydrogens is 404 g/mol. The van der Waals surface area contributed by atoms with Gasteiger partial charge in [0, 0.05) is 12.6 Å². The van der Waals surface area contributed by atoms with Gasteiger partial charge < -0.3 is 14.8 Å². The van der Waals surface area contributed by atoms with Gasteiger partial charge in [0.25, 0.3) is 0 Å². The van der Waals surface area contributed by atoms with Crippen LogP contribution in [0.25, 0.3) is 0 Å². The van der Waals surface area contributed by atoms with E-state index in [1.54, 1.807) is 25.1 Å². The number of sulfonamides is 1. The molecule has 1 N–H and O–H groups in total. The van der Waals surface area contributed by atoms with Crippen molar-refractivity contribution in [1.82, 2.24) is 5.32 Å². The van der Waals surface area contributed by atoms with E-state index in [4.69, 9.17) is 9.47 Å². The van der Waals surface area contributed by atoms with Crippen LogP contribution in [0.1, 0.15) is 24.5 Å². The summed E-state index contributed by atoms with van der Waals surface area (Å²) in [6, 6.07) is 12.3. The number of aryl methyl sites for hydroxylation is 2. The summed E-state index contributed by atoms with van der Waals surface area (Å²) >= 11 is 0. The number of rotatable bonds is 8. The molecule has 7 nitrogen and oxygen atoms in total. The second-order valence-corrected chi connectivity index (χ2v) is 9.30. The summed E-state index contributed by atoms with van der Waals surface area (Å²) in [7, 11) is -3.69. The first-order chi connectivity index (χ1) is 14.3. The van der Waals surface area contributed by atoms with E-state index in [0.717, 1.165) is 23.4 Å². The average molecular weight is 433 g/mol. The molecule has 1 amide bonds. The molecule has 1 unspecified atom stereocenters. The van der Waals surface area contributed by atoms with E-state index in [1.807, 2.05) is 6.92 Å². The van der Waals surface area contributed by atoms with Crippen molar-refractivity contribution < 1.29 is 22.7 Å².